The van der Waals surface area contributed by atoms with Gasteiger partial charge in [0.2, 0.25) is 5.78 Å². The molecule has 2 saturated heterocycles. The van der Waals surface area contributed by atoms with Gasteiger partial charge in [-0.25, -0.2) is 0 Å². The third-order valence-corrected chi connectivity index (χ3v) is 10.7. The lowest BCUT2D eigenvalue weighted by Crippen LogP contribution is -2.46. The second-order valence-electron chi connectivity index (χ2n) is 12.1. The molecule has 204 valence electrons. The highest BCUT2D eigenvalue weighted by molar-refractivity contribution is 8.07. The molecule has 5 aliphatic rings. The number of hydrogen-bond acceptors (Lipinski definition) is 6. The zero-order valence-electron chi connectivity index (χ0n) is 23.0. The lowest BCUT2D eigenvalue weighted by atomic mass is 9.99. The molecule has 7 rings (SSSR count). The molecule has 0 bridgehead atoms. The maximum absolute atomic E-state index is 13.5. The van der Waals surface area contributed by atoms with Gasteiger partial charge < -0.3 is 20.9 Å². The molecule has 0 radical (unpaired) electrons. The van der Waals surface area contributed by atoms with E-state index in [0.717, 1.165) is 41.1 Å². The summed E-state index contributed by atoms with van der Waals surface area (Å²) in [6, 6.07) is 17.8. The molecule has 6 heteroatoms. The summed E-state index contributed by atoms with van der Waals surface area (Å²) < 4.78 is 0. The standard InChI is InChI=1S/C33H40N4OS/c1-21-28-29(21)33(39-32(30(28)34)31(38)24-9-7-23(8-10-24)22-5-6-22)35-25-11-13-26(14-12-25)37-19-15-27(16-20-37)36-17-3-2-4-18-36/h7-14,21-22,27-28,35H,2-6,15-20,34H2,1H3. The third kappa shape index (κ3) is 5.02. The molecule has 3 heterocycles. The molecule has 3 aliphatic heterocycles. The van der Waals surface area contributed by atoms with E-state index < -0.39 is 0 Å². The lowest BCUT2D eigenvalue weighted by molar-refractivity contribution is 0.104. The van der Waals surface area contributed by atoms with Crippen molar-refractivity contribution in [2.45, 2.75) is 63.8 Å². The Morgan fingerprint density at radius 1 is 0.897 bits per heavy atom. The highest BCUT2D eigenvalue weighted by Crippen LogP contribution is 2.58. The number of Topliss-reactive ketones (excluding diaryl/α,β-unsaturated/α-hetero) is 1. The van der Waals surface area contributed by atoms with E-state index in [2.05, 4.69) is 58.4 Å². The Bertz CT molecular complexity index is 1300. The van der Waals surface area contributed by atoms with Gasteiger partial charge in [-0.3, -0.25) is 4.79 Å². The number of likely N-dealkylation sites (tertiary alicyclic amines) is 1. The van der Waals surface area contributed by atoms with Crippen LogP contribution in [-0.2, 0) is 0 Å². The van der Waals surface area contributed by atoms with E-state index in [4.69, 9.17) is 5.73 Å². The van der Waals surface area contributed by atoms with Gasteiger partial charge in [-0.15, -0.1) is 0 Å². The summed E-state index contributed by atoms with van der Waals surface area (Å²) in [5, 5.41) is 4.73. The molecule has 39 heavy (non-hydrogen) atoms. The van der Waals surface area contributed by atoms with Crippen molar-refractivity contribution in [3.63, 3.8) is 0 Å². The van der Waals surface area contributed by atoms with Crippen LogP contribution in [0, 0.1) is 11.8 Å². The number of thioether (sulfide) groups is 1. The van der Waals surface area contributed by atoms with Gasteiger partial charge in [0.15, 0.2) is 0 Å². The fourth-order valence-corrected chi connectivity index (χ4v) is 8.19. The van der Waals surface area contributed by atoms with Crippen LogP contribution in [0.15, 0.2) is 69.7 Å². The average molecular weight is 541 g/mol. The Balaban J connectivity index is 1.000. The average Bonchev–Trinajstić information content (AvgIpc) is 3.92. The number of allylic oxidation sites excluding steroid dienone is 2. The van der Waals surface area contributed by atoms with Gasteiger partial charge in [0.25, 0.3) is 0 Å². The molecule has 2 saturated carbocycles. The van der Waals surface area contributed by atoms with E-state index in [1.807, 2.05) is 12.1 Å². The number of piperidine rings is 2. The number of carbonyl (C=O) groups excluding carboxylic acids is 1. The first kappa shape index (κ1) is 25.3. The first-order valence-electron chi connectivity index (χ1n) is 15.0. The maximum Gasteiger partial charge on any atom is 0.201 e. The molecule has 0 amide bonds. The molecule has 2 unspecified atom stereocenters. The summed E-state index contributed by atoms with van der Waals surface area (Å²) in [6.45, 7) is 7.07. The molecule has 2 aliphatic carbocycles. The Labute approximate surface area is 236 Å². The first-order valence-corrected chi connectivity index (χ1v) is 15.8. The minimum atomic E-state index is 0.0422. The molecule has 5 nitrogen and oxygen atoms in total. The number of hydrogen-bond donors (Lipinski definition) is 2. The number of anilines is 2. The van der Waals surface area contributed by atoms with Crippen LogP contribution < -0.4 is 16.0 Å². The van der Waals surface area contributed by atoms with Crippen molar-refractivity contribution in [3.8, 4) is 0 Å². The van der Waals surface area contributed by atoms with Gasteiger partial charge in [-0.2, -0.15) is 0 Å². The molecule has 3 N–H and O–H groups in total. The number of ketones is 1. The largest absolute Gasteiger partial charge is 0.400 e. The highest BCUT2D eigenvalue weighted by Gasteiger charge is 2.49. The zero-order valence-corrected chi connectivity index (χ0v) is 23.8. The summed E-state index contributed by atoms with van der Waals surface area (Å²) in [7, 11) is 0. The summed E-state index contributed by atoms with van der Waals surface area (Å²) in [4.78, 5) is 19.5. The quantitative estimate of drug-likeness (QED) is 0.381. The van der Waals surface area contributed by atoms with Gasteiger partial charge in [-0.05, 0) is 98.9 Å². The first-order chi connectivity index (χ1) is 19.1. The van der Waals surface area contributed by atoms with Crippen LogP contribution in [0.25, 0.3) is 0 Å². The van der Waals surface area contributed by atoms with Crippen LogP contribution in [0.4, 0.5) is 11.4 Å². The van der Waals surface area contributed by atoms with Crippen molar-refractivity contribution >= 4 is 28.9 Å². The number of benzene rings is 2. The molecule has 2 atom stereocenters. The number of carbonyl (C=O) groups is 1. The van der Waals surface area contributed by atoms with E-state index in [1.54, 1.807) is 0 Å². The second-order valence-corrected chi connectivity index (χ2v) is 13.2. The van der Waals surface area contributed by atoms with Crippen LogP contribution in [-0.4, -0.2) is 42.9 Å². The minimum absolute atomic E-state index is 0.0422. The number of nitrogens with two attached hydrogens (primary N) is 1. The number of rotatable bonds is 7. The molecular weight excluding hydrogens is 500 g/mol. The Hall–Kier alpha value is -2.70. The minimum Gasteiger partial charge on any atom is -0.400 e. The lowest BCUT2D eigenvalue weighted by Gasteiger charge is -2.41. The summed E-state index contributed by atoms with van der Waals surface area (Å²) in [5.74, 6) is 1.29. The van der Waals surface area contributed by atoms with Crippen LogP contribution >= 0.6 is 11.8 Å². The Kier molecular flexibility index (Phi) is 6.72. The van der Waals surface area contributed by atoms with Gasteiger partial charge in [0.05, 0.1) is 9.93 Å². The van der Waals surface area contributed by atoms with Crippen molar-refractivity contribution in [1.29, 1.82) is 0 Å². The Morgan fingerprint density at radius 2 is 1.59 bits per heavy atom. The fourth-order valence-electron chi connectivity index (χ4n) is 6.93. The van der Waals surface area contributed by atoms with Crippen molar-refractivity contribution in [1.82, 2.24) is 4.90 Å². The second kappa shape index (κ2) is 10.4. The number of nitrogens with one attached hydrogen (secondary N) is 1. The van der Waals surface area contributed by atoms with Crippen molar-refractivity contribution in [2.75, 3.05) is 36.4 Å². The summed E-state index contributed by atoms with van der Waals surface area (Å²) >= 11 is 1.52. The van der Waals surface area contributed by atoms with Crippen molar-refractivity contribution in [2.24, 2.45) is 17.6 Å². The van der Waals surface area contributed by atoms with E-state index in [0.29, 0.717) is 16.7 Å². The van der Waals surface area contributed by atoms with Gasteiger partial charge in [0, 0.05) is 47.7 Å². The monoisotopic (exact) mass is 540 g/mol. The topological polar surface area (TPSA) is 61.6 Å². The highest BCUT2D eigenvalue weighted by atomic mass is 32.2. The van der Waals surface area contributed by atoms with Gasteiger partial charge in [0.1, 0.15) is 0 Å². The predicted octanol–water partition coefficient (Wildman–Crippen LogP) is 6.71. The summed E-state index contributed by atoms with van der Waals surface area (Å²) in [6.07, 6.45) is 9.21. The fraction of sp³-hybridized carbons (Fsp3) is 0.485. The van der Waals surface area contributed by atoms with Crippen LogP contribution in [0.1, 0.15) is 73.7 Å². The van der Waals surface area contributed by atoms with Gasteiger partial charge in [-0.1, -0.05) is 49.4 Å². The number of fused-ring (bicyclic) bond motifs is 1. The van der Waals surface area contributed by atoms with E-state index >= 15 is 0 Å². The van der Waals surface area contributed by atoms with Gasteiger partial charge >= 0.3 is 0 Å². The zero-order chi connectivity index (χ0) is 26.5. The predicted molar refractivity (Wildman–Crippen MR) is 162 cm³/mol. The Morgan fingerprint density at radius 3 is 2.26 bits per heavy atom. The SMILES string of the molecule is CC1C2=C(Nc3ccc(N4CCC(N5CCCCC5)CC4)cc3)SC(C(=O)c3ccc(C4CC4)cc3)=C(N)C21. The number of nitrogens with zero attached hydrogens (tertiary/aromatic N) is 2. The molecule has 2 aromatic rings. The molecule has 4 fully saturated rings. The molecule has 0 spiro atoms. The molecular formula is C33H40N4OS. The van der Waals surface area contributed by atoms with Crippen molar-refractivity contribution < 1.29 is 4.79 Å². The maximum atomic E-state index is 13.5. The van der Waals surface area contributed by atoms with Crippen LogP contribution in [0.5, 0.6) is 0 Å². The van der Waals surface area contributed by atoms with Crippen LogP contribution in [0.3, 0.4) is 0 Å². The third-order valence-electron chi connectivity index (χ3n) is 9.57. The van der Waals surface area contributed by atoms with E-state index in [1.165, 1.54) is 86.6 Å². The normalized spacial score (nSPS) is 26.0. The summed E-state index contributed by atoms with van der Waals surface area (Å²) in [5.41, 5.74) is 13.1. The molecule has 0 aromatic heterocycles. The molecule has 2 aromatic carbocycles. The van der Waals surface area contributed by atoms with E-state index in [-0.39, 0.29) is 11.7 Å². The van der Waals surface area contributed by atoms with Crippen LogP contribution in [0.2, 0.25) is 0 Å². The smallest absolute Gasteiger partial charge is 0.201 e. The van der Waals surface area contributed by atoms with Crippen molar-refractivity contribution in [3.05, 3.63) is 80.9 Å². The van der Waals surface area contributed by atoms with E-state index in [9.17, 15) is 4.79 Å².